The molecule has 1 radical (unpaired) electrons. The third kappa shape index (κ3) is 25.3. The first-order valence-electron chi connectivity index (χ1n) is 11.1. The van der Waals surface area contributed by atoms with E-state index in [1.54, 1.807) is 0 Å². The second-order valence-electron chi connectivity index (χ2n) is 7.67. The first-order valence-corrected chi connectivity index (χ1v) is 20.2. The van der Waals surface area contributed by atoms with Crippen molar-refractivity contribution in [3.8, 4) is 0 Å². The Kier molecular flexibility index (Phi) is 34.6. The van der Waals surface area contributed by atoms with E-state index < -0.39 is 17.3 Å². The van der Waals surface area contributed by atoms with Crippen LogP contribution in [0, 0.1) is 20.0 Å². The predicted octanol–water partition coefficient (Wildman–Crippen LogP) is 7.07. The maximum absolute atomic E-state index is 7.50. The summed E-state index contributed by atoms with van der Waals surface area (Å²) in [7, 11) is 18.1. The van der Waals surface area contributed by atoms with Crippen LogP contribution in [0.1, 0.15) is 27.7 Å². The molecule has 0 fully saturated rings. The van der Waals surface area contributed by atoms with Gasteiger partial charge in [-0.25, -0.2) is 0 Å². The van der Waals surface area contributed by atoms with E-state index in [4.69, 9.17) is 54.2 Å². The van der Waals surface area contributed by atoms with E-state index in [2.05, 4.69) is 143 Å². The quantitative estimate of drug-likeness (QED) is 0.121. The van der Waals surface area contributed by atoms with Crippen LogP contribution >= 0.6 is 57.5 Å². The van der Waals surface area contributed by atoms with Gasteiger partial charge in [0.25, 0.3) is 0 Å². The molecule has 12 heteroatoms. The minimum atomic E-state index is -2.94. The fraction of sp³-hybridized carbons (Fsp3) is 0.222. The van der Waals surface area contributed by atoms with Crippen molar-refractivity contribution in [3.05, 3.63) is 111 Å². The van der Waals surface area contributed by atoms with Crippen LogP contribution in [0.3, 0.4) is 0 Å². The van der Waals surface area contributed by atoms with Crippen molar-refractivity contribution in [3.63, 3.8) is 0 Å². The summed E-state index contributed by atoms with van der Waals surface area (Å²) >= 11 is 0. The average molecular weight is 709 g/mol. The zero-order chi connectivity index (χ0) is 30.1. The Hall–Kier alpha value is -0.101. The minimum Gasteiger partial charge on any atom is -0.391 e. The van der Waals surface area contributed by atoms with Crippen molar-refractivity contribution in [2.24, 2.45) is 0 Å². The minimum absolute atomic E-state index is 0. The maximum Gasteiger partial charge on any atom is 0.564 e. The normalized spacial score (nSPS) is 9.38. The summed E-state index contributed by atoms with van der Waals surface area (Å²) in [4.78, 5) is 0. The standard InChI is InChI=1S/C18H15P.C6H16NP.3CO.Al.4ClH.Co/c1-4-10-16(11-5-1)19(17-12-6-2-7-13-17)18-14-8-3-9-15-18;1-5(2)7(8)6(3)4;3*1-2;;;;;;/h1-15H;5-6H,8H2,1-4H3;;;;;4*1H;/q;;;;;+3;;;;;/p-2. The summed E-state index contributed by atoms with van der Waals surface area (Å²) in [5.74, 6) is 0. The molecular weight excluding hydrogens is 676 g/mol. The molecule has 0 saturated carbocycles. The molecular formula is C27H33AlCl4CoNO3P2+. The molecule has 0 aliphatic heterocycles. The van der Waals surface area contributed by atoms with Gasteiger partial charge in [0.2, 0.25) is 0 Å². The van der Waals surface area contributed by atoms with Gasteiger partial charge in [0.15, 0.2) is 0 Å². The SMILES string of the molecule is CC(C)N([PH3+])C(C)C.[C-]#[O+].[C-]#[O+].[C-]#[O+].[Cl][Al-]([Cl])([Cl])[Cl].[Co].c1ccc([PH+](c2ccccc2)c2ccccc2)cc1. The summed E-state index contributed by atoms with van der Waals surface area (Å²) in [6, 6.07) is 33.9. The third-order valence-corrected chi connectivity index (χ3v) is 8.71. The number of hydrogen-bond donors (Lipinski definition) is 0. The Bertz CT molecular complexity index is 889. The monoisotopic (exact) mass is 707 g/mol. The molecule has 3 rings (SSSR count). The molecule has 1 unspecified atom stereocenters. The van der Waals surface area contributed by atoms with E-state index in [1.807, 2.05) is 9.39 Å². The van der Waals surface area contributed by atoms with Crippen molar-refractivity contribution in [1.29, 1.82) is 0 Å². The molecule has 0 spiro atoms. The predicted molar refractivity (Wildman–Crippen MR) is 171 cm³/mol. The smallest absolute Gasteiger partial charge is 0.391 e. The number of hydrogen-bond acceptors (Lipinski definition) is 1. The van der Waals surface area contributed by atoms with Gasteiger partial charge in [-0.1, -0.05) is 54.6 Å². The second-order valence-corrected chi connectivity index (χ2v) is 23.7. The maximum atomic E-state index is 7.50. The largest absolute Gasteiger partial charge is 0.564 e. The van der Waals surface area contributed by atoms with Crippen LogP contribution in [-0.2, 0) is 30.7 Å². The molecule has 39 heavy (non-hydrogen) atoms. The molecule has 0 aliphatic carbocycles. The van der Waals surface area contributed by atoms with Crippen LogP contribution < -0.4 is 15.9 Å². The van der Waals surface area contributed by atoms with Gasteiger partial charge in [-0.3, -0.25) is 0 Å². The molecule has 0 N–H and O–H groups in total. The van der Waals surface area contributed by atoms with Gasteiger partial charge >= 0.3 is 43.3 Å². The summed E-state index contributed by atoms with van der Waals surface area (Å²) in [6.45, 7) is 22.4. The van der Waals surface area contributed by atoms with E-state index in [0.717, 1.165) is 0 Å². The third-order valence-electron chi connectivity index (χ3n) is 4.51. The first kappa shape index (κ1) is 45.9. The first-order chi connectivity index (χ1) is 18.0. The molecule has 3 aromatic rings. The van der Waals surface area contributed by atoms with E-state index >= 15 is 0 Å². The van der Waals surface area contributed by atoms with Crippen molar-refractivity contribution in [2.45, 2.75) is 39.8 Å². The van der Waals surface area contributed by atoms with E-state index in [-0.39, 0.29) is 16.8 Å². The van der Waals surface area contributed by atoms with Crippen molar-refractivity contribution >= 4 is 82.8 Å². The molecule has 3 aromatic carbocycles. The van der Waals surface area contributed by atoms with Crippen LogP contribution in [-0.4, -0.2) is 26.1 Å². The van der Waals surface area contributed by atoms with Crippen LogP contribution in [0.2, 0.25) is 0 Å². The Morgan fingerprint density at radius 2 is 0.769 bits per heavy atom. The van der Waals surface area contributed by atoms with Gasteiger partial charge in [0, 0.05) is 38.3 Å². The van der Waals surface area contributed by atoms with Crippen molar-refractivity contribution < 1.29 is 30.7 Å². The van der Waals surface area contributed by atoms with Crippen LogP contribution in [0.25, 0.3) is 0 Å². The Balaban J connectivity index is -0.000000258. The van der Waals surface area contributed by atoms with Crippen LogP contribution in [0.15, 0.2) is 91.0 Å². The molecule has 0 bridgehead atoms. The van der Waals surface area contributed by atoms with Gasteiger partial charge in [-0.05, 0) is 64.1 Å². The molecule has 0 aromatic heterocycles. The van der Waals surface area contributed by atoms with Crippen LogP contribution in [0.5, 0.6) is 0 Å². The Morgan fingerprint density at radius 1 is 0.590 bits per heavy atom. The fourth-order valence-corrected chi connectivity index (χ4v) is 5.49. The molecule has 0 aliphatic rings. The Labute approximate surface area is 267 Å². The number of benzene rings is 3. The van der Waals surface area contributed by atoms with E-state index in [0.29, 0.717) is 12.1 Å². The zero-order valence-electron chi connectivity index (χ0n) is 22.1. The molecule has 213 valence electrons. The fourth-order valence-electron chi connectivity index (χ4n) is 2.91. The van der Waals surface area contributed by atoms with Crippen molar-refractivity contribution in [2.75, 3.05) is 0 Å². The second kappa shape index (κ2) is 29.4. The molecule has 0 amide bonds. The van der Waals surface area contributed by atoms with Gasteiger partial charge in [0.1, 0.15) is 15.9 Å². The summed E-state index contributed by atoms with van der Waals surface area (Å²) in [6.07, 6.45) is 0. The van der Waals surface area contributed by atoms with Gasteiger partial charge in [-0.2, -0.15) is 4.67 Å². The molecule has 0 heterocycles. The van der Waals surface area contributed by atoms with Crippen molar-refractivity contribution in [1.82, 2.24) is 4.67 Å². The molecule has 4 nitrogen and oxygen atoms in total. The van der Waals surface area contributed by atoms with Gasteiger partial charge in [0.05, 0.1) is 7.92 Å². The van der Waals surface area contributed by atoms with Gasteiger partial charge < -0.3 is 40.2 Å². The zero-order valence-corrected chi connectivity index (χ0v) is 29.8. The number of rotatable bonds is 5. The topological polar surface area (TPSA) is 62.9 Å². The Morgan fingerprint density at radius 3 is 0.897 bits per heavy atom. The summed E-state index contributed by atoms with van der Waals surface area (Å²) in [5, 5.41) is 4.31. The van der Waals surface area contributed by atoms with E-state index in [9.17, 15) is 0 Å². The molecule has 1 atom stereocenters. The van der Waals surface area contributed by atoms with Crippen LogP contribution in [0.4, 0.5) is 0 Å². The summed E-state index contributed by atoms with van der Waals surface area (Å²) in [5.41, 5.74) is 0. The van der Waals surface area contributed by atoms with E-state index in [1.165, 1.54) is 15.9 Å². The number of nitrogens with zero attached hydrogens (tertiary/aromatic N) is 1. The molecule has 0 saturated heterocycles. The average Bonchev–Trinajstić information content (AvgIpc) is 2.93. The number of halogens is 4. The van der Waals surface area contributed by atoms with Gasteiger partial charge in [-0.15, -0.1) is 0 Å². The summed E-state index contributed by atoms with van der Waals surface area (Å²) < 4.78 is 24.9.